The summed E-state index contributed by atoms with van der Waals surface area (Å²) in [6.07, 6.45) is 0. The smallest absolute Gasteiger partial charge is 0.153 e. The zero-order valence-corrected chi connectivity index (χ0v) is 12.8. The number of aromatic nitrogens is 2. The highest BCUT2D eigenvalue weighted by molar-refractivity contribution is 6.42. The van der Waals surface area contributed by atoms with E-state index in [0.29, 0.717) is 15.9 Å². The lowest BCUT2D eigenvalue weighted by Gasteiger charge is -2.08. The van der Waals surface area contributed by atoms with Crippen LogP contribution in [-0.4, -0.2) is 10.2 Å². The third kappa shape index (κ3) is 2.50. The molecule has 0 unspecified atom stereocenters. The Bertz CT molecular complexity index is 809. The van der Waals surface area contributed by atoms with Crippen LogP contribution in [0.25, 0.3) is 22.4 Å². The zero-order valence-electron chi connectivity index (χ0n) is 11.3. The predicted molar refractivity (Wildman–Crippen MR) is 88.6 cm³/mol. The van der Waals surface area contributed by atoms with Crippen LogP contribution >= 0.6 is 23.2 Å². The molecule has 0 fully saturated rings. The topological polar surface area (TPSA) is 54.7 Å². The quantitative estimate of drug-likeness (QED) is 0.703. The van der Waals surface area contributed by atoms with E-state index >= 15 is 0 Å². The lowest BCUT2D eigenvalue weighted by atomic mass is 9.98. The number of aryl methyl sites for hydroxylation is 1. The van der Waals surface area contributed by atoms with Crippen molar-refractivity contribution in [3.8, 4) is 22.4 Å². The van der Waals surface area contributed by atoms with E-state index in [4.69, 9.17) is 28.9 Å². The summed E-state index contributed by atoms with van der Waals surface area (Å²) in [5.41, 5.74) is 10.8. The molecule has 3 rings (SSSR count). The van der Waals surface area contributed by atoms with Gasteiger partial charge in [0.25, 0.3) is 0 Å². The molecule has 0 bridgehead atoms. The number of H-pyrrole nitrogens is 1. The van der Waals surface area contributed by atoms with E-state index in [1.165, 1.54) is 0 Å². The Labute approximate surface area is 132 Å². The minimum Gasteiger partial charge on any atom is -0.382 e. The minimum atomic E-state index is 0.437. The van der Waals surface area contributed by atoms with E-state index in [1.54, 1.807) is 12.1 Å². The Kier molecular flexibility index (Phi) is 3.62. The van der Waals surface area contributed by atoms with Crippen LogP contribution in [0.5, 0.6) is 0 Å². The predicted octanol–water partition coefficient (Wildman–Crippen LogP) is 4.94. The Balaban J connectivity index is 2.22. The molecule has 2 aromatic carbocycles. The fraction of sp³-hybridized carbons (Fsp3) is 0.0625. The molecule has 21 heavy (non-hydrogen) atoms. The largest absolute Gasteiger partial charge is 0.382 e. The van der Waals surface area contributed by atoms with Gasteiger partial charge in [-0.2, -0.15) is 5.10 Å². The summed E-state index contributed by atoms with van der Waals surface area (Å²) in [4.78, 5) is 0. The Morgan fingerprint density at radius 1 is 1.05 bits per heavy atom. The fourth-order valence-corrected chi connectivity index (χ4v) is 2.65. The van der Waals surface area contributed by atoms with Gasteiger partial charge in [-0.05, 0) is 30.2 Å². The average Bonchev–Trinajstić information content (AvgIpc) is 2.84. The number of hydrogen-bond donors (Lipinski definition) is 2. The number of benzene rings is 2. The highest BCUT2D eigenvalue weighted by Gasteiger charge is 2.16. The SMILES string of the molecule is Cc1ccccc1-c1[nH]nc(N)c1-c1ccc(Cl)c(Cl)c1. The lowest BCUT2D eigenvalue weighted by molar-refractivity contribution is 1.10. The van der Waals surface area contributed by atoms with Crippen LogP contribution in [0.15, 0.2) is 42.5 Å². The van der Waals surface area contributed by atoms with Crippen LogP contribution < -0.4 is 5.73 Å². The summed E-state index contributed by atoms with van der Waals surface area (Å²) in [5, 5.41) is 8.16. The molecule has 0 aliphatic rings. The van der Waals surface area contributed by atoms with Gasteiger partial charge in [-0.15, -0.1) is 0 Å². The Morgan fingerprint density at radius 3 is 2.52 bits per heavy atom. The van der Waals surface area contributed by atoms with Crippen LogP contribution in [0, 0.1) is 6.92 Å². The number of nitrogens with one attached hydrogen (secondary N) is 1. The third-order valence-electron chi connectivity index (χ3n) is 3.42. The second kappa shape index (κ2) is 5.43. The van der Waals surface area contributed by atoms with Gasteiger partial charge in [0, 0.05) is 5.56 Å². The zero-order chi connectivity index (χ0) is 15.0. The molecule has 3 N–H and O–H groups in total. The normalized spacial score (nSPS) is 10.8. The molecule has 0 aliphatic carbocycles. The molecule has 0 radical (unpaired) electrons. The van der Waals surface area contributed by atoms with Crippen LogP contribution in [0.2, 0.25) is 10.0 Å². The first-order chi connectivity index (χ1) is 10.1. The number of halogens is 2. The standard InChI is InChI=1S/C16H13Cl2N3/c1-9-4-2-3-5-11(9)15-14(16(19)21-20-15)10-6-7-12(17)13(18)8-10/h2-8H,1H3,(H3,19,20,21). The van der Waals surface area contributed by atoms with Crippen LogP contribution in [0.1, 0.15) is 5.56 Å². The molecule has 0 saturated carbocycles. The Morgan fingerprint density at radius 2 is 1.81 bits per heavy atom. The number of rotatable bonds is 2. The first-order valence-corrected chi connectivity index (χ1v) is 7.19. The maximum atomic E-state index is 6.11. The van der Waals surface area contributed by atoms with Crippen molar-refractivity contribution in [3.05, 3.63) is 58.1 Å². The van der Waals surface area contributed by atoms with Crippen molar-refractivity contribution in [2.75, 3.05) is 5.73 Å². The van der Waals surface area contributed by atoms with Crippen molar-refractivity contribution in [2.45, 2.75) is 6.92 Å². The van der Waals surface area contributed by atoms with Gasteiger partial charge in [-0.3, -0.25) is 5.10 Å². The van der Waals surface area contributed by atoms with Crippen LogP contribution in [-0.2, 0) is 0 Å². The van der Waals surface area contributed by atoms with Gasteiger partial charge in [0.05, 0.1) is 21.3 Å². The number of aromatic amines is 1. The molecular formula is C16H13Cl2N3. The monoisotopic (exact) mass is 317 g/mol. The minimum absolute atomic E-state index is 0.437. The van der Waals surface area contributed by atoms with Gasteiger partial charge in [-0.1, -0.05) is 53.5 Å². The molecule has 1 heterocycles. The van der Waals surface area contributed by atoms with E-state index < -0.39 is 0 Å². The number of nitrogens with two attached hydrogens (primary N) is 1. The average molecular weight is 318 g/mol. The molecule has 0 amide bonds. The number of anilines is 1. The van der Waals surface area contributed by atoms with Crippen molar-refractivity contribution in [1.29, 1.82) is 0 Å². The van der Waals surface area contributed by atoms with Gasteiger partial charge in [0.1, 0.15) is 0 Å². The molecular weight excluding hydrogens is 305 g/mol. The van der Waals surface area contributed by atoms with Crippen molar-refractivity contribution in [1.82, 2.24) is 10.2 Å². The van der Waals surface area contributed by atoms with E-state index in [9.17, 15) is 0 Å². The summed E-state index contributed by atoms with van der Waals surface area (Å²) < 4.78 is 0. The van der Waals surface area contributed by atoms with Gasteiger partial charge in [-0.25, -0.2) is 0 Å². The van der Waals surface area contributed by atoms with E-state index in [0.717, 1.165) is 27.9 Å². The van der Waals surface area contributed by atoms with E-state index in [1.807, 2.05) is 37.3 Å². The van der Waals surface area contributed by atoms with Gasteiger partial charge in [0.2, 0.25) is 0 Å². The van der Waals surface area contributed by atoms with Crippen molar-refractivity contribution < 1.29 is 0 Å². The van der Waals surface area contributed by atoms with Crippen LogP contribution in [0.4, 0.5) is 5.82 Å². The van der Waals surface area contributed by atoms with Gasteiger partial charge >= 0.3 is 0 Å². The molecule has 3 aromatic rings. The maximum absolute atomic E-state index is 6.11. The summed E-state index contributed by atoms with van der Waals surface area (Å²) in [5.74, 6) is 0.437. The lowest BCUT2D eigenvalue weighted by Crippen LogP contribution is -1.90. The molecule has 106 valence electrons. The number of nitrogens with zero attached hydrogens (tertiary/aromatic N) is 1. The molecule has 5 heteroatoms. The summed E-state index contributed by atoms with van der Waals surface area (Å²) >= 11 is 12.1. The summed E-state index contributed by atoms with van der Waals surface area (Å²) in [6, 6.07) is 13.5. The summed E-state index contributed by atoms with van der Waals surface area (Å²) in [7, 11) is 0. The van der Waals surface area contributed by atoms with Crippen LogP contribution in [0.3, 0.4) is 0 Å². The van der Waals surface area contributed by atoms with Gasteiger partial charge < -0.3 is 5.73 Å². The fourth-order valence-electron chi connectivity index (χ4n) is 2.35. The first-order valence-electron chi connectivity index (χ1n) is 6.43. The second-order valence-electron chi connectivity index (χ2n) is 4.80. The van der Waals surface area contributed by atoms with E-state index in [2.05, 4.69) is 10.2 Å². The number of hydrogen-bond acceptors (Lipinski definition) is 2. The highest BCUT2D eigenvalue weighted by Crippen LogP contribution is 2.38. The molecule has 0 spiro atoms. The van der Waals surface area contributed by atoms with Crippen molar-refractivity contribution in [2.24, 2.45) is 0 Å². The molecule has 1 aromatic heterocycles. The highest BCUT2D eigenvalue weighted by atomic mass is 35.5. The molecule has 0 saturated heterocycles. The molecule has 0 aliphatic heterocycles. The molecule has 3 nitrogen and oxygen atoms in total. The van der Waals surface area contributed by atoms with Gasteiger partial charge in [0.15, 0.2) is 5.82 Å². The first kappa shape index (κ1) is 14.0. The second-order valence-corrected chi connectivity index (χ2v) is 5.62. The number of nitrogen functional groups attached to an aromatic ring is 1. The van der Waals surface area contributed by atoms with Crippen molar-refractivity contribution in [3.63, 3.8) is 0 Å². The van der Waals surface area contributed by atoms with E-state index in [-0.39, 0.29) is 0 Å². The Hall–Kier alpha value is -1.97. The molecule has 0 atom stereocenters. The third-order valence-corrected chi connectivity index (χ3v) is 4.16. The maximum Gasteiger partial charge on any atom is 0.153 e. The van der Waals surface area contributed by atoms with Crippen molar-refractivity contribution >= 4 is 29.0 Å². The summed E-state index contributed by atoms with van der Waals surface area (Å²) in [6.45, 7) is 2.05.